The van der Waals surface area contributed by atoms with Gasteiger partial charge >= 0.3 is 0 Å². The Bertz CT molecular complexity index is 494. The predicted molar refractivity (Wildman–Crippen MR) is 81.2 cm³/mol. The SMILES string of the molecule is CN1C(=O)CCc2cc(CCN3CCNCC3)ccc21. The Morgan fingerprint density at radius 2 is 2.00 bits per heavy atom. The predicted octanol–water partition coefficient (Wildman–Crippen LogP) is 1.04. The zero-order valence-electron chi connectivity index (χ0n) is 12.2. The van der Waals surface area contributed by atoms with Crippen molar-refractivity contribution in [3.05, 3.63) is 29.3 Å². The van der Waals surface area contributed by atoms with Gasteiger partial charge in [-0.3, -0.25) is 4.79 Å². The highest BCUT2D eigenvalue weighted by Gasteiger charge is 2.20. The van der Waals surface area contributed by atoms with Crippen molar-refractivity contribution in [2.75, 3.05) is 44.7 Å². The first kappa shape index (κ1) is 13.6. The van der Waals surface area contributed by atoms with Crippen LogP contribution in [0.4, 0.5) is 5.69 Å². The first-order valence-corrected chi connectivity index (χ1v) is 7.55. The van der Waals surface area contributed by atoms with Crippen LogP contribution in [-0.2, 0) is 17.6 Å². The van der Waals surface area contributed by atoms with Gasteiger partial charge in [0.1, 0.15) is 0 Å². The van der Waals surface area contributed by atoms with Gasteiger partial charge in [0, 0.05) is 51.9 Å². The molecule has 1 aromatic rings. The first-order valence-electron chi connectivity index (χ1n) is 7.55. The summed E-state index contributed by atoms with van der Waals surface area (Å²) in [7, 11) is 1.88. The topological polar surface area (TPSA) is 35.6 Å². The van der Waals surface area contributed by atoms with Gasteiger partial charge < -0.3 is 15.1 Å². The number of aryl methyl sites for hydroxylation is 1. The largest absolute Gasteiger partial charge is 0.315 e. The molecule has 20 heavy (non-hydrogen) atoms. The molecular weight excluding hydrogens is 250 g/mol. The number of anilines is 1. The summed E-state index contributed by atoms with van der Waals surface area (Å²) >= 11 is 0. The summed E-state index contributed by atoms with van der Waals surface area (Å²) in [5, 5.41) is 3.38. The molecular formula is C16H23N3O. The summed E-state index contributed by atoms with van der Waals surface area (Å²) in [5.41, 5.74) is 3.81. The fourth-order valence-corrected chi connectivity index (χ4v) is 3.09. The Labute approximate surface area is 120 Å². The number of nitrogens with one attached hydrogen (secondary N) is 1. The number of carbonyl (C=O) groups is 1. The molecule has 4 heteroatoms. The molecule has 1 fully saturated rings. The number of carbonyl (C=O) groups excluding carboxylic acids is 1. The van der Waals surface area contributed by atoms with Gasteiger partial charge in [0.15, 0.2) is 0 Å². The van der Waals surface area contributed by atoms with E-state index in [1.165, 1.54) is 11.1 Å². The van der Waals surface area contributed by atoms with Gasteiger partial charge in [0.05, 0.1) is 0 Å². The summed E-state index contributed by atoms with van der Waals surface area (Å²) in [6.45, 7) is 5.66. The summed E-state index contributed by atoms with van der Waals surface area (Å²) in [6.07, 6.45) is 2.63. The molecule has 0 saturated carbocycles. The standard InChI is InChI=1S/C16H23N3O/c1-18-15-4-2-13(12-14(15)3-5-16(18)20)6-9-19-10-7-17-8-11-19/h2,4,12,17H,3,5-11H2,1H3. The average Bonchev–Trinajstić information content (AvgIpc) is 2.50. The van der Waals surface area contributed by atoms with Crippen molar-refractivity contribution >= 4 is 11.6 Å². The molecule has 0 aliphatic carbocycles. The third-order valence-electron chi connectivity index (χ3n) is 4.41. The Morgan fingerprint density at radius 1 is 1.20 bits per heavy atom. The second kappa shape index (κ2) is 5.94. The van der Waals surface area contributed by atoms with Crippen LogP contribution in [-0.4, -0.2) is 50.6 Å². The molecule has 0 spiro atoms. The molecule has 2 aliphatic heterocycles. The van der Waals surface area contributed by atoms with Crippen molar-refractivity contribution in [2.24, 2.45) is 0 Å². The van der Waals surface area contributed by atoms with E-state index in [0.29, 0.717) is 6.42 Å². The normalized spacial score (nSPS) is 20.1. The fraction of sp³-hybridized carbons (Fsp3) is 0.562. The average molecular weight is 273 g/mol. The highest BCUT2D eigenvalue weighted by molar-refractivity contribution is 5.95. The lowest BCUT2D eigenvalue weighted by molar-refractivity contribution is -0.118. The van der Waals surface area contributed by atoms with E-state index in [-0.39, 0.29) is 5.91 Å². The second-order valence-electron chi connectivity index (χ2n) is 5.76. The molecule has 4 nitrogen and oxygen atoms in total. The van der Waals surface area contributed by atoms with Gasteiger partial charge in [0.25, 0.3) is 0 Å². The minimum Gasteiger partial charge on any atom is -0.315 e. The van der Waals surface area contributed by atoms with Crippen LogP contribution in [0.1, 0.15) is 17.5 Å². The molecule has 0 radical (unpaired) electrons. The van der Waals surface area contributed by atoms with E-state index in [2.05, 4.69) is 28.4 Å². The number of nitrogens with zero attached hydrogens (tertiary/aromatic N) is 2. The highest BCUT2D eigenvalue weighted by atomic mass is 16.2. The van der Waals surface area contributed by atoms with Gasteiger partial charge in [-0.2, -0.15) is 0 Å². The van der Waals surface area contributed by atoms with Gasteiger partial charge in [-0.25, -0.2) is 0 Å². The van der Waals surface area contributed by atoms with E-state index in [1.54, 1.807) is 4.90 Å². The number of rotatable bonds is 3. The van der Waals surface area contributed by atoms with E-state index in [0.717, 1.165) is 51.3 Å². The maximum atomic E-state index is 11.7. The van der Waals surface area contributed by atoms with E-state index in [1.807, 2.05) is 7.05 Å². The molecule has 1 saturated heterocycles. The molecule has 2 aliphatic rings. The van der Waals surface area contributed by atoms with Crippen molar-refractivity contribution in [2.45, 2.75) is 19.3 Å². The van der Waals surface area contributed by atoms with Crippen molar-refractivity contribution in [3.63, 3.8) is 0 Å². The fourth-order valence-electron chi connectivity index (χ4n) is 3.09. The van der Waals surface area contributed by atoms with Crippen LogP contribution < -0.4 is 10.2 Å². The first-order chi connectivity index (χ1) is 9.74. The monoisotopic (exact) mass is 273 g/mol. The zero-order valence-corrected chi connectivity index (χ0v) is 12.2. The van der Waals surface area contributed by atoms with Gasteiger partial charge in [-0.1, -0.05) is 12.1 Å². The molecule has 0 aromatic heterocycles. The lowest BCUT2D eigenvalue weighted by Gasteiger charge is -2.28. The van der Waals surface area contributed by atoms with E-state index >= 15 is 0 Å². The molecule has 0 unspecified atom stereocenters. The molecule has 3 rings (SSSR count). The lowest BCUT2D eigenvalue weighted by atomic mass is 9.98. The number of fused-ring (bicyclic) bond motifs is 1. The number of amides is 1. The maximum Gasteiger partial charge on any atom is 0.227 e. The molecule has 108 valence electrons. The van der Waals surface area contributed by atoms with Gasteiger partial charge in [-0.05, 0) is 30.0 Å². The summed E-state index contributed by atoms with van der Waals surface area (Å²) in [4.78, 5) is 16.0. The van der Waals surface area contributed by atoms with E-state index < -0.39 is 0 Å². The molecule has 1 amide bonds. The van der Waals surface area contributed by atoms with Crippen LogP contribution in [0.3, 0.4) is 0 Å². The molecule has 2 heterocycles. The molecule has 1 aromatic carbocycles. The Hall–Kier alpha value is -1.39. The van der Waals surface area contributed by atoms with Crippen LogP contribution in [0, 0.1) is 0 Å². The van der Waals surface area contributed by atoms with Crippen molar-refractivity contribution < 1.29 is 4.79 Å². The van der Waals surface area contributed by atoms with E-state index in [4.69, 9.17) is 0 Å². The van der Waals surface area contributed by atoms with Crippen molar-refractivity contribution in [1.29, 1.82) is 0 Å². The van der Waals surface area contributed by atoms with Crippen LogP contribution in [0.5, 0.6) is 0 Å². The maximum absolute atomic E-state index is 11.7. The van der Waals surface area contributed by atoms with Crippen molar-refractivity contribution in [1.82, 2.24) is 10.2 Å². The number of benzene rings is 1. The van der Waals surface area contributed by atoms with Crippen LogP contribution in [0.15, 0.2) is 18.2 Å². The molecule has 0 bridgehead atoms. The Morgan fingerprint density at radius 3 is 2.80 bits per heavy atom. The highest BCUT2D eigenvalue weighted by Crippen LogP contribution is 2.27. The molecule has 0 atom stereocenters. The number of hydrogen-bond acceptors (Lipinski definition) is 3. The van der Waals surface area contributed by atoms with Gasteiger partial charge in [0.2, 0.25) is 5.91 Å². The molecule has 1 N–H and O–H groups in total. The van der Waals surface area contributed by atoms with E-state index in [9.17, 15) is 4.79 Å². The summed E-state index contributed by atoms with van der Waals surface area (Å²) in [6, 6.07) is 6.58. The van der Waals surface area contributed by atoms with Gasteiger partial charge in [-0.15, -0.1) is 0 Å². The van der Waals surface area contributed by atoms with Crippen LogP contribution >= 0.6 is 0 Å². The minimum atomic E-state index is 0.228. The summed E-state index contributed by atoms with van der Waals surface area (Å²) < 4.78 is 0. The Balaban J connectivity index is 1.65. The lowest BCUT2D eigenvalue weighted by Crippen LogP contribution is -2.44. The summed E-state index contributed by atoms with van der Waals surface area (Å²) in [5.74, 6) is 0.228. The number of piperazine rings is 1. The zero-order chi connectivity index (χ0) is 13.9. The second-order valence-corrected chi connectivity index (χ2v) is 5.76. The Kier molecular flexibility index (Phi) is 4.03. The minimum absolute atomic E-state index is 0.228. The van der Waals surface area contributed by atoms with Crippen LogP contribution in [0.25, 0.3) is 0 Å². The third-order valence-corrected chi connectivity index (χ3v) is 4.41. The smallest absolute Gasteiger partial charge is 0.227 e. The third kappa shape index (κ3) is 2.86. The quantitative estimate of drug-likeness (QED) is 0.894. The van der Waals surface area contributed by atoms with Crippen molar-refractivity contribution in [3.8, 4) is 0 Å². The number of hydrogen-bond donors (Lipinski definition) is 1. The van der Waals surface area contributed by atoms with Crippen LogP contribution in [0.2, 0.25) is 0 Å².